The Morgan fingerprint density at radius 3 is 2.68 bits per heavy atom. The Labute approximate surface area is 117 Å². The number of nitrogens with one attached hydrogen (secondary N) is 1. The van der Waals surface area contributed by atoms with Gasteiger partial charge in [0.05, 0.1) is 0 Å². The van der Waals surface area contributed by atoms with Crippen LogP contribution in [0.1, 0.15) is 42.4 Å². The number of rotatable bonds is 4. The quantitative estimate of drug-likeness (QED) is 0.863. The molecule has 1 N–H and O–H groups in total. The highest BCUT2D eigenvalue weighted by molar-refractivity contribution is 5.31. The lowest BCUT2D eigenvalue weighted by Gasteiger charge is -2.31. The zero-order valence-corrected chi connectivity index (χ0v) is 12.6. The number of fused-ring (bicyclic) bond motifs is 2. The van der Waals surface area contributed by atoms with Crippen LogP contribution in [0.15, 0.2) is 18.2 Å². The molecule has 0 aliphatic heterocycles. The van der Waals surface area contributed by atoms with Crippen molar-refractivity contribution in [2.24, 2.45) is 17.8 Å². The molecule has 0 radical (unpaired) electrons. The molecule has 1 aromatic carbocycles. The first-order valence-electron chi connectivity index (χ1n) is 7.90. The number of hydrogen-bond donors (Lipinski definition) is 1. The average molecular weight is 257 g/mol. The van der Waals surface area contributed by atoms with E-state index in [0.717, 1.165) is 17.8 Å². The van der Waals surface area contributed by atoms with E-state index in [1.165, 1.54) is 43.2 Å². The molecule has 2 saturated carbocycles. The molecule has 2 aliphatic rings. The van der Waals surface area contributed by atoms with E-state index in [-0.39, 0.29) is 0 Å². The Balaban J connectivity index is 1.74. The Morgan fingerprint density at radius 2 is 2.05 bits per heavy atom. The van der Waals surface area contributed by atoms with E-state index in [9.17, 15) is 0 Å². The summed E-state index contributed by atoms with van der Waals surface area (Å²) in [4.78, 5) is 0. The minimum absolute atomic E-state index is 0.677. The van der Waals surface area contributed by atoms with E-state index >= 15 is 0 Å². The highest BCUT2D eigenvalue weighted by Gasteiger charge is 2.42. The minimum atomic E-state index is 0.677. The molecule has 1 aromatic rings. The molecule has 1 nitrogen and oxygen atoms in total. The fraction of sp³-hybridized carbons (Fsp3) is 0.667. The van der Waals surface area contributed by atoms with Crippen LogP contribution in [-0.2, 0) is 6.42 Å². The highest BCUT2D eigenvalue weighted by Crippen LogP contribution is 2.49. The Kier molecular flexibility index (Phi) is 3.66. The third-order valence-corrected chi connectivity index (χ3v) is 5.62. The summed E-state index contributed by atoms with van der Waals surface area (Å²) in [6, 6.07) is 7.56. The van der Waals surface area contributed by atoms with Crippen LogP contribution in [-0.4, -0.2) is 13.1 Å². The largest absolute Gasteiger partial charge is 0.316 e. The van der Waals surface area contributed by atoms with Gasteiger partial charge in [-0.2, -0.15) is 0 Å². The first-order valence-corrected chi connectivity index (χ1v) is 7.90. The van der Waals surface area contributed by atoms with E-state index < -0.39 is 0 Å². The van der Waals surface area contributed by atoms with Crippen LogP contribution in [0.3, 0.4) is 0 Å². The third kappa shape index (κ3) is 2.58. The third-order valence-electron chi connectivity index (χ3n) is 5.62. The van der Waals surface area contributed by atoms with Crippen LogP contribution in [0.2, 0.25) is 0 Å². The summed E-state index contributed by atoms with van der Waals surface area (Å²) in [5.41, 5.74) is 4.39. The van der Waals surface area contributed by atoms with Crippen LogP contribution >= 0.6 is 0 Å². The first-order chi connectivity index (χ1) is 9.17. The maximum absolute atomic E-state index is 3.62. The Hall–Kier alpha value is -0.820. The van der Waals surface area contributed by atoms with Crippen LogP contribution in [0, 0.1) is 31.6 Å². The molecule has 3 rings (SSSR count). The second-order valence-electron chi connectivity index (χ2n) is 6.87. The maximum atomic E-state index is 3.62. The number of benzene rings is 1. The van der Waals surface area contributed by atoms with E-state index in [2.05, 4.69) is 44.4 Å². The molecule has 4 unspecified atom stereocenters. The molecule has 2 fully saturated rings. The fourth-order valence-corrected chi connectivity index (χ4v) is 4.51. The predicted octanol–water partition coefficient (Wildman–Crippen LogP) is 3.87. The van der Waals surface area contributed by atoms with Crippen molar-refractivity contribution in [3.05, 3.63) is 34.9 Å². The number of hydrogen-bond acceptors (Lipinski definition) is 1. The molecule has 4 atom stereocenters. The molecule has 0 heterocycles. The zero-order chi connectivity index (χ0) is 13.4. The SMILES string of the molecule is CNC(Cc1cc(C)ccc1C)C1CC2CCC1C2. The summed E-state index contributed by atoms with van der Waals surface area (Å²) < 4.78 is 0. The lowest BCUT2D eigenvalue weighted by Crippen LogP contribution is -2.38. The van der Waals surface area contributed by atoms with Gasteiger partial charge in [0.2, 0.25) is 0 Å². The standard InChI is InChI=1S/C18H27N/c1-12-4-5-13(2)16(8-12)11-18(19-3)17-10-14-6-7-15(17)9-14/h4-5,8,14-15,17-19H,6-7,9-11H2,1-3H3. The smallest absolute Gasteiger partial charge is 0.0136 e. The summed E-state index contributed by atoms with van der Waals surface area (Å²) in [5.74, 6) is 2.97. The number of aryl methyl sites for hydroxylation is 2. The van der Waals surface area contributed by atoms with Gasteiger partial charge >= 0.3 is 0 Å². The van der Waals surface area contributed by atoms with Gasteiger partial charge in [0, 0.05) is 6.04 Å². The van der Waals surface area contributed by atoms with Crippen LogP contribution < -0.4 is 5.32 Å². The van der Waals surface area contributed by atoms with E-state index in [1.807, 2.05) is 0 Å². The van der Waals surface area contributed by atoms with Gasteiger partial charge in [-0.3, -0.25) is 0 Å². The molecule has 0 saturated heterocycles. The van der Waals surface area contributed by atoms with Gasteiger partial charge in [0.15, 0.2) is 0 Å². The van der Waals surface area contributed by atoms with Gasteiger partial charge < -0.3 is 5.32 Å². The molecular formula is C18H27N. The first kappa shape index (κ1) is 13.2. The second-order valence-corrected chi connectivity index (χ2v) is 6.87. The molecule has 19 heavy (non-hydrogen) atoms. The molecule has 2 bridgehead atoms. The van der Waals surface area contributed by atoms with Gasteiger partial charge in [-0.25, -0.2) is 0 Å². The zero-order valence-electron chi connectivity index (χ0n) is 12.6. The van der Waals surface area contributed by atoms with Gasteiger partial charge in [0.1, 0.15) is 0 Å². The average Bonchev–Trinajstić information content (AvgIpc) is 3.02. The number of likely N-dealkylation sites (N-methyl/N-ethyl adjacent to an activating group) is 1. The Morgan fingerprint density at radius 1 is 1.21 bits per heavy atom. The van der Waals surface area contributed by atoms with Crippen molar-refractivity contribution >= 4 is 0 Å². The summed E-state index contributed by atoms with van der Waals surface area (Å²) in [5, 5.41) is 3.62. The lowest BCUT2D eigenvalue weighted by molar-refractivity contribution is 0.255. The van der Waals surface area contributed by atoms with Crippen LogP contribution in [0.25, 0.3) is 0 Å². The van der Waals surface area contributed by atoms with Crippen LogP contribution in [0.4, 0.5) is 0 Å². The van der Waals surface area contributed by atoms with Crippen molar-refractivity contribution in [2.75, 3.05) is 7.05 Å². The van der Waals surface area contributed by atoms with Gasteiger partial charge in [0.25, 0.3) is 0 Å². The molecule has 0 spiro atoms. The monoisotopic (exact) mass is 257 g/mol. The van der Waals surface area contributed by atoms with E-state index in [4.69, 9.17) is 0 Å². The highest BCUT2D eigenvalue weighted by atomic mass is 14.9. The fourth-order valence-electron chi connectivity index (χ4n) is 4.51. The van der Waals surface area contributed by atoms with Crippen LogP contribution in [0.5, 0.6) is 0 Å². The van der Waals surface area contributed by atoms with E-state index in [1.54, 1.807) is 5.56 Å². The van der Waals surface area contributed by atoms with Crippen molar-refractivity contribution in [2.45, 2.75) is 52.0 Å². The molecule has 1 heteroatoms. The normalized spacial score (nSPS) is 30.8. The summed E-state index contributed by atoms with van der Waals surface area (Å²) >= 11 is 0. The van der Waals surface area contributed by atoms with Crippen molar-refractivity contribution in [1.82, 2.24) is 5.32 Å². The summed E-state index contributed by atoms with van der Waals surface area (Å²) in [6.07, 6.45) is 7.18. The van der Waals surface area contributed by atoms with Crippen molar-refractivity contribution in [1.29, 1.82) is 0 Å². The molecule has 104 valence electrons. The summed E-state index contributed by atoms with van der Waals surface area (Å²) in [6.45, 7) is 4.46. The summed E-state index contributed by atoms with van der Waals surface area (Å²) in [7, 11) is 2.15. The van der Waals surface area contributed by atoms with Gasteiger partial charge in [-0.05, 0) is 75.5 Å². The van der Waals surface area contributed by atoms with Gasteiger partial charge in [-0.1, -0.05) is 30.2 Å². The second kappa shape index (κ2) is 5.28. The molecular weight excluding hydrogens is 230 g/mol. The molecule has 2 aliphatic carbocycles. The molecule has 0 aromatic heterocycles. The topological polar surface area (TPSA) is 12.0 Å². The Bertz CT molecular complexity index is 451. The predicted molar refractivity (Wildman–Crippen MR) is 81.4 cm³/mol. The lowest BCUT2D eigenvalue weighted by atomic mass is 9.80. The van der Waals surface area contributed by atoms with Gasteiger partial charge in [-0.15, -0.1) is 0 Å². The minimum Gasteiger partial charge on any atom is -0.316 e. The van der Waals surface area contributed by atoms with Crippen molar-refractivity contribution in [3.63, 3.8) is 0 Å². The molecule has 0 amide bonds. The maximum Gasteiger partial charge on any atom is 0.0136 e. The van der Waals surface area contributed by atoms with E-state index in [0.29, 0.717) is 6.04 Å². The van der Waals surface area contributed by atoms with Crippen molar-refractivity contribution < 1.29 is 0 Å². The van der Waals surface area contributed by atoms with Crippen molar-refractivity contribution in [3.8, 4) is 0 Å².